The van der Waals surface area contributed by atoms with E-state index in [1.807, 2.05) is 26.1 Å². The molecule has 2 heterocycles. The van der Waals surface area contributed by atoms with E-state index in [0.717, 1.165) is 22.6 Å². The molecule has 2 rings (SSSR count). The highest BCUT2D eigenvalue weighted by atomic mass is 16.5. The maximum Gasteiger partial charge on any atom is 0.217 e. The molecule has 0 saturated heterocycles. The van der Waals surface area contributed by atoms with Crippen molar-refractivity contribution in [1.82, 2.24) is 9.61 Å². The molecule has 0 aliphatic heterocycles. The van der Waals surface area contributed by atoms with E-state index in [1.54, 1.807) is 17.8 Å². The van der Waals surface area contributed by atoms with Gasteiger partial charge in [0.25, 0.3) is 0 Å². The Morgan fingerprint density at radius 2 is 2.21 bits per heavy atom. The molecule has 14 heavy (non-hydrogen) atoms. The van der Waals surface area contributed by atoms with Crippen molar-refractivity contribution in [3.63, 3.8) is 0 Å². The molecule has 0 fully saturated rings. The van der Waals surface area contributed by atoms with Crippen molar-refractivity contribution in [2.75, 3.05) is 19.5 Å². The summed E-state index contributed by atoms with van der Waals surface area (Å²) in [6, 6.07) is 4.05. The Bertz CT molecular complexity index is 462. The lowest BCUT2D eigenvalue weighted by molar-refractivity contribution is 0.382. The van der Waals surface area contributed by atoms with E-state index in [4.69, 9.17) is 4.74 Å². The van der Waals surface area contributed by atoms with Crippen molar-refractivity contribution in [3.8, 4) is 5.88 Å². The molecule has 0 aliphatic rings. The number of aromatic nitrogens is 2. The lowest BCUT2D eigenvalue weighted by atomic mass is 10.2. The van der Waals surface area contributed by atoms with Crippen LogP contribution in [0.25, 0.3) is 5.52 Å². The fraction of sp³-hybridized carbons (Fsp3) is 0.300. The Hall–Kier alpha value is -1.71. The number of nitrogens with zero attached hydrogens (tertiary/aromatic N) is 2. The molecule has 4 heteroatoms. The van der Waals surface area contributed by atoms with Crippen LogP contribution in [0.2, 0.25) is 0 Å². The zero-order chi connectivity index (χ0) is 10.1. The number of rotatable bonds is 2. The molecule has 0 atom stereocenters. The summed E-state index contributed by atoms with van der Waals surface area (Å²) in [6.45, 7) is 2.00. The molecule has 1 N–H and O–H groups in total. The van der Waals surface area contributed by atoms with Gasteiger partial charge in [-0.2, -0.15) is 9.61 Å². The summed E-state index contributed by atoms with van der Waals surface area (Å²) >= 11 is 0. The van der Waals surface area contributed by atoms with Crippen LogP contribution in [-0.2, 0) is 0 Å². The van der Waals surface area contributed by atoms with Crippen molar-refractivity contribution >= 4 is 11.2 Å². The fourth-order valence-electron chi connectivity index (χ4n) is 1.56. The minimum Gasteiger partial charge on any atom is -0.481 e. The van der Waals surface area contributed by atoms with Crippen molar-refractivity contribution in [1.29, 1.82) is 0 Å². The number of hydrogen-bond acceptors (Lipinski definition) is 3. The largest absolute Gasteiger partial charge is 0.481 e. The van der Waals surface area contributed by atoms with Crippen LogP contribution in [0.3, 0.4) is 0 Å². The Kier molecular flexibility index (Phi) is 2.04. The maximum atomic E-state index is 5.29. The Morgan fingerprint density at radius 3 is 2.86 bits per heavy atom. The third kappa shape index (κ3) is 1.11. The SMILES string of the molecule is CNc1cnn2c(OC)c(C)ccc12. The predicted octanol–water partition coefficient (Wildman–Crippen LogP) is 1.69. The molecule has 0 radical (unpaired) electrons. The van der Waals surface area contributed by atoms with Crippen LogP contribution in [0.1, 0.15) is 5.56 Å². The number of fused-ring (bicyclic) bond motifs is 1. The highest BCUT2D eigenvalue weighted by Crippen LogP contribution is 2.24. The molecule has 4 nitrogen and oxygen atoms in total. The van der Waals surface area contributed by atoms with Gasteiger partial charge >= 0.3 is 0 Å². The number of hydrogen-bond donors (Lipinski definition) is 1. The van der Waals surface area contributed by atoms with Crippen LogP contribution in [0.15, 0.2) is 18.3 Å². The summed E-state index contributed by atoms with van der Waals surface area (Å²) in [4.78, 5) is 0. The summed E-state index contributed by atoms with van der Waals surface area (Å²) < 4.78 is 7.08. The zero-order valence-electron chi connectivity index (χ0n) is 8.53. The highest BCUT2D eigenvalue weighted by molar-refractivity contribution is 5.72. The van der Waals surface area contributed by atoms with Crippen LogP contribution in [-0.4, -0.2) is 23.8 Å². The Morgan fingerprint density at radius 1 is 1.43 bits per heavy atom. The van der Waals surface area contributed by atoms with E-state index in [9.17, 15) is 0 Å². The van der Waals surface area contributed by atoms with E-state index < -0.39 is 0 Å². The highest BCUT2D eigenvalue weighted by Gasteiger charge is 2.08. The smallest absolute Gasteiger partial charge is 0.217 e. The summed E-state index contributed by atoms with van der Waals surface area (Å²) in [5.41, 5.74) is 3.10. The van der Waals surface area contributed by atoms with Gasteiger partial charge in [0.05, 0.1) is 24.5 Å². The standard InChI is InChI=1S/C10H13N3O/c1-7-4-5-9-8(11-2)6-12-13(9)10(7)14-3/h4-6,11H,1-3H3. The molecule has 0 unspecified atom stereocenters. The quantitative estimate of drug-likeness (QED) is 0.785. The predicted molar refractivity (Wildman–Crippen MR) is 56.0 cm³/mol. The van der Waals surface area contributed by atoms with Crippen LogP contribution >= 0.6 is 0 Å². The Labute approximate surface area is 82.5 Å². The van der Waals surface area contributed by atoms with Crippen LogP contribution in [0.5, 0.6) is 5.88 Å². The minimum atomic E-state index is 0.781. The number of nitrogens with one attached hydrogen (secondary N) is 1. The molecule has 0 amide bonds. The molecule has 0 bridgehead atoms. The number of anilines is 1. The van der Waals surface area contributed by atoms with Crippen LogP contribution in [0.4, 0.5) is 5.69 Å². The summed E-state index contributed by atoms with van der Waals surface area (Å²) in [5.74, 6) is 0.781. The Balaban J connectivity index is 2.76. The first-order valence-corrected chi connectivity index (χ1v) is 4.47. The van der Waals surface area contributed by atoms with Crippen molar-refractivity contribution < 1.29 is 4.74 Å². The molecule has 74 valence electrons. The van der Waals surface area contributed by atoms with Gasteiger partial charge in [0, 0.05) is 12.6 Å². The van der Waals surface area contributed by atoms with Gasteiger partial charge in [0.2, 0.25) is 5.88 Å². The summed E-state index contributed by atoms with van der Waals surface area (Å²) in [5, 5.41) is 7.33. The average molecular weight is 191 g/mol. The number of methoxy groups -OCH3 is 1. The average Bonchev–Trinajstić information content (AvgIpc) is 2.60. The van der Waals surface area contributed by atoms with E-state index in [0.29, 0.717) is 0 Å². The van der Waals surface area contributed by atoms with Gasteiger partial charge < -0.3 is 10.1 Å². The first kappa shape index (κ1) is 8.87. The normalized spacial score (nSPS) is 10.5. The lowest BCUT2D eigenvalue weighted by Gasteiger charge is -2.06. The number of ether oxygens (including phenoxy) is 1. The molecule has 2 aromatic heterocycles. The van der Waals surface area contributed by atoms with Crippen molar-refractivity contribution in [2.45, 2.75) is 6.92 Å². The second kappa shape index (κ2) is 3.21. The van der Waals surface area contributed by atoms with Gasteiger partial charge in [-0.15, -0.1) is 0 Å². The van der Waals surface area contributed by atoms with Gasteiger partial charge in [-0.3, -0.25) is 0 Å². The number of pyridine rings is 1. The van der Waals surface area contributed by atoms with E-state index in [2.05, 4.69) is 10.4 Å². The van der Waals surface area contributed by atoms with Crippen LogP contribution in [0, 0.1) is 6.92 Å². The fourth-order valence-corrected chi connectivity index (χ4v) is 1.56. The van der Waals surface area contributed by atoms with Crippen molar-refractivity contribution in [3.05, 3.63) is 23.9 Å². The number of aryl methyl sites for hydroxylation is 1. The van der Waals surface area contributed by atoms with Gasteiger partial charge in [-0.1, -0.05) is 6.07 Å². The first-order valence-electron chi connectivity index (χ1n) is 4.47. The van der Waals surface area contributed by atoms with Gasteiger partial charge in [-0.25, -0.2) is 0 Å². The first-order chi connectivity index (χ1) is 6.77. The van der Waals surface area contributed by atoms with Gasteiger partial charge in [0.1, 0.15) is 0 Å². The minimum absolute atomic E-state index is 0.781. The second-order valence-corrected chi connectivity index (χ2v) is 3.13. The summed E-state index contributed by atoms with van der Waals surface area (Å²) in [6.07, 6.45) is 1.79. The topological polar surface area (TPSA) is 38.6 Å². The molecular weight excluding hydrogens is 178 g/mol. The summed E-state index contributed by atoms with van der Waals surface area (Å²) in [7, 11) is 3.53. The zero-order valence-corrected chi connectivity index (χ0v) is 8.53. The molecule has 0 aromatic carbocycles. The van der Waals surface area contributed by atoms with Crippen molar-refractivity contribution in [2.24, 2.45) is 0 Å². The maximum absolute atomic E-state index is 5.29. The second-order valence-electron chi connectivity index (χ2n) is 3.13. The third-order valence-electron chi connectivity index (χ3n) is 2.29. The molecule has 0 aliphatic carbocycles. The molecule has 0 spiro atoms. The molecular formula is C10H13N3O. The van der Waals surface area contributed by atoms with E-state index >= 15 is 0 Å². The third-order valence-corrected chi connectivity index (χ3v) is 2.29. The molecule has 2 aromatic rings. The lowest BCUT2D eigenvalue weighted by Crippen LogP contribution is -1.98. The van der Waals surface area contributed by atoms with Gasteiger partial charge in [-0.05, 0) is 13.0 Å². The van der Waals surface area contributed by atoms with E-state index in [1.165, 1.54) is 0 Å². The van der Waals surface area contributed by atoms with E-state index in [-0.39, 0.29) is 0 Å². The van der Waals surface area contributed by atoms with Gasteiger partial charge in [0.15, 0.2) is 0 Å². The van der Waals surface area contributed by atoms with Crippen LogP contribution < -0.4 is 10.1 Å². The molecule has 0 saturated carbocycles. The monoisotopic (exact) mass is 191 g/mol.